The second kappa shape index (κ2) is 34.9. The van der Waals surface area contributed by atoms with Crippen LogP contribution in [0.5, 0.6) is 0 Å². The number of ketones is 2. The van der Waals surface area contributed by atoms with Crippen molar-refractivity contribution in [2.45, 2.75) is 148 Å². The molecule has 6 amide bonds. The molecule has 100 heavy (non-hydrogen) atoms. The zero-order valence-corrected chi connectivity index (χ0v) is 60.1. The average molecular weight is 1450 g/mol. The molecule has 2 saturated heterocycles. The summed E-state index contributed by atoms with van der Waals surface area (Å²) in [7, 11) is 0. The smallest absolute Gasteiger partial charge is 0.240 e. The first-order chi connectivity index (χ1) is 47.5. The molecule has 534 valence electrons. The van der Waals surface area contributed by atoms with E-state index in [1.165, 1.54) is 0 Å². The summed E-state index contributed by atoms with van der Waals surface area (Å²) in [4.78, 5) is 116. The van der Waals surface area contributed by atoms with Crippen molar-refractivity contribution in [1.82, 2.24) is 19.8 Å². The summed E-state index contributed by atoms with van der Waals surface area (Å²) in [6, 6.07) is 28.7. The van der Waals surface area contributed by atoms with Crippen molar-refractivity contribution >= 4 is 138 Å². The minimum absolute atomic E-state index is 0. The van der Waals surface area contributed by atoms with Crippen molar-refractivity contribution < 1.29 is 52.2 Å². The van der Waals surface area contributed by atoms with Crippen LogP contribution in [0, 0.1) is 11.8 Å². The quantitative estimate of drug-likeness (QED) is 0.0308. The number of hydrogen-bond donors (Lipinski definition) is 6. The summed E-state index contributed by atoms with van der Waals surface area (Å²) < 4.78 is 30.4. The number of nitrogens with two attached hydrogens (primary N) is 3. The van der Waals surface area contributed by atoms with Gasteiger partial charge in [0.25, 0.3) is 0 Å². The Balaban J connectivity index is 0.000000237. The number of halogens is 4. The van der Waals surface area contributed by atoms with Gasteiger partial charge in [-0.25, -0.2) is 14.0 Å². The Labute approximate surface area is 600 Å². The van der Waals surface area contributed by atoms with Crippen molar-refractivity contribution in [3.8, 4) is 0 Å². The summed E-state index contributed by atoms with van der Waals surface area (Å²) in [5.41, 5.74) is 19.6. The number of aryl methyl sites for hydroxylation is 2. The fraction of sp³-hybridized carbons (Fsp3) is 0.405. The molecule has 12 rings (SSSR count). The van der Waals surface area contributed by atoms with E-state index in [-0.39, 0.29) is 93.0 Å². The lowest BCUT2D eigenvalue weighted by Gasteiger charge is -2.37. The van der Waals surface area contributed by atoms with Crippen LogP contribution in [0.15, 0.2) is 131 Å². The summed E-state index contributed by atoms with van der Waals surface area (Å²) in [5.74, 6) is -3.19. The molecule has 4 aromatic heterocycles. The first kappa shape index (κ1) is 77.5. The largest absolute Gasteiger partial charge is 0.397 e. The molecule has 8 heterocycles. The maximum absolute atomic E-state index is 14.3. The number of alkyl halides is 2. The van der Waals surface area contributed by atoms with Gasteiger partial charge in [0, 0.05) is 104 Å². The van der Waals surface area contributed by atoms with E-state index in [9.17, 15) is 47.1 Å². The number of Topliss-reactive ketones (excluding diaryl/α,β-unsaturated/α-hetero) is 2. The molecule has 0 saturated carbocycles. The van der Waals surface area contributed by atoms with E-state index in [0.717, 1.165) is 90.8 Å². The van der Waals surface area contributed by atoms with Gasteiger partial charge in [0.15, 0.2) is 11.6 Å². The first-order valence-corrected chi connectivity index (χ1v) is 35.7. The highest BCUT2D eigenvalue weighted by Gasteiger charge is 2.42. The Morgan fingerprint density at radius 1 is 0.600 bits per heavy atom. The Bertz CT molecular complexity index is 3930. The molecule has 20 nitrogen and oxygen atoms in total. The predicted molar refractivity (Wildman–Crippen MR) is 394 cm³/mol. The first-order valence-electron chi connectivity index (χ1n) is 33.3. The second-order valence-corrected chi connectivity index (χ2v) is 28.0. The number of aliphatic hydroxyl groups is 1. The van der Waals surface area contributed by atoms with Crippen LogP contribution in [-0.4, -0.2) is 117 Å². The number of nitrogens with one attached hydrogen (secondary N) is 2. The van der Waals surface area contributed by atoms with Crippen molar-refractivity contribution in [3.05, 3.63) is 164 Å². The number of benzene rings is 4. The fourth-order valence-electron chi connectivity index (χ4n) is 13.4. The molecular formula is C74H89Cl2F2N11O9S2. The number of aliphatic hydroxyl groups excluding tert-OH is 1. The lowest BCUT2D eigenvalue weighted by Crippen LogP contribution is -2.55. The topological polar surface area (TPSA) is 282 Å². The van der Waals surface area contributed by atoms with Crippen LogP contribution in [0.4, 0.5) is 31.5 Å². The zero-order chi connectivity index (χ0) is 71.3. The van der Waals surface area contributed by atoms with Crippen molar-refractivity contribution in [3.63, 3.8) is 0 Å². The highest BCUT2D eigenvalue weighted by Crippen LogP contribution is 2.44. The minimum Gasteiger partial charge on any atom is -0.397 e. The summed E-state index contributed by atoms with van der Waals surface area (Å²) in [6.45, 7) is 9.30. The highest BCUT2D eigenvalue weighted by molar-refractivity contribution is 7.08. The molecule has 0 spiro atoms. The van der Waals surface area contributed by atoms with E-state index < -0.39 is 60.2 Å². The number of aromatic nitrogens is 2. The van der Waals surface area contributed by atoms with E-state index in [1.54, 1.807) is 76.9 Å². The van der Waals surface area contributed by atoms with Crippen molar-refractivity contribution in [2.24, 2.45) is 28.6 Å². The lowest BCUT2D eigenvalue weighted by molar-refractivity contribution is -0.132. The number of rotatable bonds is 24. The summed E-state index contributed by atoms with van der Waals surface area (Å²) in [5, 5.41) is 26.9. The van der Waals surface area contributed by atoms with Gasteiger partial charge in [-0.05, 0) is 163 Å². The summed E-state index contributed by atoms with van der Waals surface area (Å²) >= 11 is 7.22. The Kier molecular flexibility index (Phi) is 27.1. The summed E-state index contributed by atoms with van der Waals surface area (Å²) in [6.07, 6.45) is 6.92. The maximum Gasteiger partial charge on any atom is 0.240 e. The Hall–Kier alpha value is -8.20. The molecule has 2 unspecified atom stereocenters. The number of anilines is 4. The van der Waals surface area contributed by atoms with Gasteiger partial charge in [-0.1, -0.05) is 60.7 Å². The molecular weight excluding hydrogens is 1360 g/mol. The molecule has 0 aliphatic carbocycles. The number of carbonyl (C=O) groups excluding carboxylic acids is 8. The normalized spacial score (nSPS) is 16.5. The Morgan fingerprint density at radius 3 is 1.31 bits per heavy atom. The van der Waals surface area contributed by atoms with Gasteiger partial charge < -0.3 is 55.9 Å². The third-order valence-electron chi connectivity index (χ3n) is 18.2. The molecule has 26 heteroatoms. The van der Waals surface area contributed by atoms with Gasteiger partial charge in [-0.15, -0.1) is 12.4 Å². The Morgan fingerprint density at radius 2 is 0.980 bits per heavy atom. The molecule has 0 radical (unpaired) electrons. The van der Waals surface area contributed by atoms with E-state index >= 15 is 0 Å². The van der Waals surface area contributed by atoms with Gasteiger partial charge in [-0.2, -0.15) is 22.7 Å². The monoisotopic (exact) mass is 1450 g/mol. The number of nitrogens with zero attached hydrogens (tertiary/aromatic N) is 6. The van der Waals surface area contributed by atoms with Gasteiger partial charge in [0.05, 0.1) is 72.1 Å². The van der Waals surface area contributed by atoms with Crippen molar-refractivity contribution in [2.75, 3.05) is 52.6 Å². The molecule has 4 aromatic carbocycles. The van der Waals surface area contributed by atoms with Crippen LogP contribution in [0.2, 0.25) is 0 Å². The minimum atomic E-state index is -1.24. The van der Waals surface area contributed by atoms with Gasteiger partial charge in [-0.3, -0.25) is 38.4 Å². The van der Waals surface area contributed by atoms with Gasteiger partial charge in [0.2, 0.25) is 35.4 Å². The van der Waals surface area contributed by atoms with Gasteiger partial charge >= 0.3 is 0 Å². The maximum atomic E-state index is 14.3. The fourth-order valence-corrected chi connectivity index (χ4v) is 14.7. The number of carbonyl (C=O) groups is 8. The number of para-hydroxylation sites is 4. The van der Waals surface area contributed by atoms with Crippen LogP contribution in [0.1, 0.15) is 107 Å². The van der Waals surface area contributed by atoms with Crippen LogP contribution < -0.4 is 47.0 Å². The number of hydrogen-bond acceptors (Lipinski definition) is 14. The number of thiophene rings is 2. The number of amides is 6. The molecule has 0 bridgehead atoms. The second-order valence-electron chi connectivity index (χ2n) is 26.5. The van der Waals surface area contributed by atoms with E-state index in [0.29, 0.717) is 51.9 Å². The third-order valence-corrected chi connectivity index (χ3v) is 19.6. The highest BCUT2D eigenvalue weighted by atomic mass is 35.5. The molecule has 2 fully saturated rings. The van der Waals surface area contributed by atoms with Gasteiger partial charge in [0.1, 0.15) is 13.3 Å². The van der Waals surface area contributed by atoms with Crippen LogP contribution >= 0.6 is 46.9 Å². The van der Waals surface area contributed by atoms with Crippen LogP contribution in [0.25, 0.3) is 21.8 Å². The van der Waals surface area contributed by atoms with Crippen molar-refractivity contribution in [1.29, 1.82) is 0 Å². The van der Waals surface area contributed by atoms with Crippen LogP contribution in [0.3, 0.4) is 0 Å². The molecule has 9 N–H and O–H groups in total. The van der Waals surface area contributed by atoms with E-state index in [4.69, 9.17) is 16.6 Å². The van der Waals surface area contributed by atoms with E-state index in [1.807, 2.05) is 140 Å². The molecule has 8 aromatic rings. The zero-order valence-electron chi connectivity index (χ0n) is 56.9. The number of fused-ring (bicyclic) bond motifs is 4. The standard InChI is InChI=1S/2C36H40FN5O4S.C2H6O.ClH2N.ClH/c2*1-36(2,38)35(46)39-28(18-26-21-40(15-13-37)29-9-4-3-8-27(26)29)31(43)19-25-17-24-7-5-10-30(41-14-6-11-32(41)44)33(24)42(34(25)45)20-23-12-16-47-22-23;1-2-3;1-2;/h2*3-5,7-10,12,16,21-22,25,28H,6,11,13-15,17-20,38H2,1-2H3,(H,39,46);3H,2H2,1H3;2H2;1H/t2*25?,28-;;;/m11.../s1. The molecule has 4 atom stereocenters. The van der Waals surface area contributed by atoms with E-state index in [2.05, 4.69) is 27.7 Å². The molecule has 4 aliphatic rings. The van der Waals surface area contributed by atoms with Crippen LogP contribution in [-0.2, 0) is 90.2 Å². The predicted octanol–water partition coefficient (Wildman–Crippen LogP) is 10.4. The average Bonchev–Trinajstić information content (AvgIpc) is 1.11. The SMILES string of the molecule is CC(C)(N)C(=O)N[C@H](Cc1cn(CCF)c2ccccc12)C(=O)CC1Cc2cccc(N3CCCC3=O)c2N(Cc2ccsc2)C1=O.CC(C)(N)C(=O)N[C@H](Cc1cn(CCF)c2ccccc12)C(=O)CC1Cc2cccc(N3CCCC3=O)c2N(Cc2ccsc2)C1=O.CCO.Cl.NCl. The third kappa shape index (κ3) is 18.1. The lowest BCUT2D eigenvalue weighted by atomic mass is 9.85. The molecule has 4 aliphatic heterocycles.